The first-order valence-corrected chi connectivity index (χ1v) is 4.26. The Morgan fingerprint density at radius 2 is 2.08 bits per heavy atom. The summed E-state index contributed by atoms with van der Waals surface area (Å²) in [6.45, 7) is 2.04. The predicted molar refractivity (Wildman–Crippen MR) is 50.1 cm³/mol. The Hall–Kier alpha value is -0.710. The Kier molecular flexibility index (Phi) is 5.53. The van der Waals surface area contributed by atoms with Crippen molar-refractivity contribution in [2.75, 3.05) is 13.6 Å². The van der Waals surface area contributed by atoms with E-state index in [2.05, 4.69) is 23.3 Å². The molecule has 0 bridgehead atoms. The first-order valence-electron chi connectivity index (χ1n) is 3.74. The highest BCUT2D eigenvalue weighted by Crippen LogP contribution is 1.90. The molecule has 0 aromatic rings. The van der Waals surface area contributed by atoms with Crippen LogP contribution >= 0.6 is 12.6 Å². The molecule has 0 aliphatic rings. The molecule has 1 unspecified atom stereocenters. The van der Waals surface area contributed by atoms with E-state index in [1.807, 2.05) is 0 Å². The maximum Gasteiger partial charge on any atom is 0.232 e. The summed E-state index contributed by atoms with van der Waals surface area (Å²) in [5.74, 6) is -0.232. The second-order valence-electron chi connectivity index (χ2n) is 2.39. The highest BCUT2D eigenvalue weighted by atomic mass is 32.1. The van der Waals surface area contributed by atoms with E-state index in [4.69, 9.17) is 0 Å². The van der Waals surface area contributed by atoms with E-state index in [1.165, 1.54) is 0 Å². The van der Waals surface area contributed by atoms with Gasteiger partial charge in [0.2, 0.25) is 11.8 Å². The highest BCUT2D eigenvalue weighted by Gasteiger charge is 2.06. The van der Waals surface area contributed by atoms with E-state index in [1.54, 1.807) is 14.0 Å². The predicted octanol–water partition coefficient (Wildman–Crippen LogP) is -0.443. The maximum absolute atomic E-state index is 10.9. The number of thiol groups is 1. The lowest BCUT2D eigenvalue weighted by Crippen LogP contribution is -2.33. The third-order valence-electron chi connectivity index (χ3n) is 1.31. The molecule has 5 heteroatoms. The summed E-state index contributed by atoms with van der Waals surface area (Å²) in [6, 6.07) is 0. The minimum atomic E-state index is -0.324. The molecule has 1 atom stereocenters. The van der Waals surface area contributed by atoms with Crippen LogP contribution in [0.25, 0.3) is 0 Å². The SMILES string of the molecule is CNC(=O)CCNC(=O)C(C)S. The molecule has 12 heavy (non-hydrogen) atoms. The second kappa shape index (κ2) is 5.88. The molecule has 0 saturated carbocycles. The summed E-state index contributed by atoms with van der Waals surface area (Å²) < 4.78 is 0. The Balaban J connectivity index is 3.44. The van der Waals surface area contributed by atoms with Gasteiger partial charge in [0.1, 0.15) is 0 Å². The van der Waals surface area contributed by atoms with Gasteiger partial charge in [0.25, 0.3) is 0 Å². The van der Waals surface area contributed by atoms with Crippen LogP contribution in [0, 0.1) is 0 Å². The number of hydrogen-bond acceptors (Lipinski definition) is 3. The summed E-state index contributed by atoms with van der Waals surface area (Å²) >= 11 is 3.93. The molecule has 0 aromatic carbocycles. The summed E-state index contributed by atoms with van der Waals surface area (Å²) in [5, 5.41) is 4.71. The fourth-order valence-electron chi connectivity index (χ4n) is 0.572. The van der Waals surface area contributed by atoms with Crippen LogP contribution in [0.1, 0.15) is 13.3 Å². The first kappa shape index (κ1) is 11.3. The summed E-state index contributed by atoms with van der Waals surface area (Å²) in [7, 11) is 1.56. The van der Waals surface area contributed by atoms with Crippen LogP contribution in [0.4, 0.5) is 0 Å². The van der Waals surface area contributed by atoms with Crippen LogP contribution in [0.2, 0.25) is 0 Å². The minimum absolute atomic E-state index is 0.0814. The zero-order chi connectivity index (χ0) is 9.56. The summed E-state index contributed by atoms with van der Waals surface area (Å²) in [6.07, 6.45) is 0.308. The number of carbonyl (C=O) groups excluding carboxylic acids is 2. The van der Waals surface area contributed by atoms with Crippen molar-refractivity contribution >= 4 is 24.4 Å². The molecular weight excluding hydrogens is 176 g/mol. The average Bonchev–Trinajstić information content (AvgIpc) is 2.03. The Labute approximate surface area is 77.5 Å². The zero-order valence-corrected chi connectivity index (χ0v) is 8.15. The maximum atomic E-state index is 10.9. The number of amides is 2. The van der Waals surface area contributed by atoms with Gasteiger partial charge < -0.3 is 10.6 Å². The van der Waals surface area contributed by atoms with Gasteiger partial charge in [0, 0.05) is 20.0 Å². The van der Waals surface area contributed by atoms with Gasteiger partial charge in [-0.2, -0.15) is 12.6 Å². The molecular formula is C7H14N2O2S. The van der Waals surface area contributed by atoms with Crippen LogP contribution in [-0.2, 0) is 9.59 Å². The lowest BCUT2D eigenvalue weighted by Gasteiger charge is -2.05. The molecule has 0 rings (SSSR count). The zero-order valence-electron chi connectivity index (χ0n) is 7.26. The van der Waals surface area contributed by atoms with Crippen molar-refractivity contribution in [1.82, 2.24) is 10.6 Å². The van der Waals surface area contributed by atoms with Gasteiger partial charge >= 0.3 is 0 Å². The molecule has 2 N–H and O–H groups in total. The standard InChI is InChI=1S/C7H14N2O2S/c1-5(12)7(11)9-4-3-6(10)8-2/h5,12H,3-4H2,1-2H3,(H,8,10)(H,9,11). The van der Waals surface area contributed by atoms with E-state index < -0.39 is 0 Å². The molecule has 0 aromatic heterocycles. The largest absolute Gasteiger partial charge is 0.359 e. The quantitative estimate of drug-likeness (QED) is 0.526. The van der Waals surface area contributed by atoms with E-state index in [9.17, 15) is 9.59 Å². The molecule has 0 fully saturated rings. The molecule has 0 radical (unpaired) electrons. The van der Waals surface area contributed by atoms with Crippen LogP contribution in [0.5, 0.6) is 0 Å². The fraction of sp³-hybridized carbons (Fsp3) is 0.714. The summed E-state index contributed by atoms with van der Waals surface area (Å²) in [5.41, 5.74) is 0. The topological polar surface area (TPSA) is 58.2 Å². The van der Waals surface area contributed by atoms with Crippen molar-refractivity contribution < 1.29 is 9.59 Å². The number of carbonyl (C=O) groups is 2. The number of rotatable bonds is 4. The van der Waals surface area contributed by atoms with Crippen molar-refractivity contribution in [2.45, 2.75) is 18.6 Å². The van der Waals surface area contributed by atoms with Gasteiger partial charge in [0.05, 0.1) is 5.25 Å². The van der Waals surface area contributed by atoms with Crippen LogP contribution in [0.15, 0.2) is 0 Å². The van der Waals surface area contributed by atoms with Gasteiger partial charge in [-0.1, -0.05) is 0 Å². The Bertz CT molecular complexity index is 171. The van der Waals surface area contributed by atoms with E-state index >= 15 is 0 Å². The van der Waals surface area contributed by atoms with Crippen molar-refractivity contribution in [1.29, 1.82) is 0 Å². The number of nitrogens with one attached hydrogen (secondary N) is 2. The van der Waals surface area contributed by atoms with Gasteiger partial charge in [-0.05, 0) is 6.92 Å². The minimum Gasteiger partial charge on any atom is -0.359 e. The molecule has 0 saturated heterocycles. The van der Waals surface area contributed by atoms with E-state index in [0.717, 1.165) is 0 Å². The Morgan fingerprint density at radius 3 is 2.50 bits per heavy atom. The molecule has 2 amide bonds. The van der Waals surface area contributed by atoms with Crippen molar-refractivity contribution in [3.63, 3.8) is 0 Å². The second-order valence-corrected chi connectivity index (χ2v) is 3.16. The molecule has 0 heterocycles. The lowest BCUT2D eigenvalue weighted by molar-refractivity contribution is -0.121. The molecule has 0 aliphatic carbocycles. The highest BCUT2D eigenvalue weighted by molar-refractivity contribution is 7.81. The number of hydrogen-bond donors (Lipinski definition) is 3. The first-order chi connectivity index (χ1) is 5.57. The fourth-order valence-corrected chi connectivity index (χ4v) is 0.663. The van der Waals surface area contributed by atoms with Crippen LogP contribution < -0.4 is 10.6 Å². The van der Waals surface area contributed by atoms with Crippen molar-refractivity contribution in [2.24, 2.45) is 0 Å². The third-order valence-corrected chi connectivity index (χ3v) is 1.54. The van der Waals surface area contributed by atoms with Gasteiger partial charge in [0.15, 0.2) is 0 Å². The monoisotopic (exact) mass is 190 g/mol. The lowest BCUT2D eigenvalue weighted by atomic mass is 10.3. The van der Waals surface area contributed by atoms with E-state index in [-0.39, 0.29) is 17.1 Å². The smallest absolute Gasteiger partial charge is 0.232 e. The van der Waals surface area contributed by atoms with Crippen molar-refractivity contribution in [3.8, 4) is 0 Å². The van der Waals surface area contributed by atoms with Gasteiger partial charge in [-0.25, -0.2) is 0 Å². The molecule has 4 nitrogen and oxygen atoms in total. The van der Waals surface area contributed by atoms with Crippen LogP contribution in [0.3, 0.4) is 0 Å². The van der Waals surface area contributed by atoms with E-state index in [0.29, 0.717) is 13.0 Å². The van der Waals surface area contributed by atoms with Crippen molar-refractivity contribution in [3.05, 3.63) is 0 Å². The third kappa shape index (κ3) is 5.01. The average molecular weight is 190 g/mol. The van der Waals surface area contributed by atoms with Crippen LogP contribution in [-0.4, -0.2) is 30.7 Å². The van der Waals surface area contributed by atoms with Gasteiger partial charge in [-0.3, -0.25) is 9.59 Å². The Morgan fingerprint density at radius 1 is 1.50 bits per heavy atom. The normalized spacial score (nSPS) is 11.9. The summed E-state index contributed by atoms with van der Waals surface area (Å²) in [4.78, 5) is 21.6. The molecule has 0 spiro atoms. The van der Waals surface area contributed by atoms with Gasteiger partial charge in [-0.15, -0.1) is 0 Å². The molecule has 70 valence electrons. The molecule has 0 aliphatic heterocycles.